The highest BCUT2D eigenvalue weighted by Gasteiger charge is 2.50. The molecule has 3 aromatic carbocycles. The first-order valence-corrected chi connectivity index (χ1v) is 13.9. The van der Waals surface area contributed by atoms with Gasteiger partial charge in [0.05, 0.1) is 0 Å². The maximum absolute atomic E-state index is 16.1. The van der Waals surface area contributed by atoms with Crippen molar-refractivity contribution in [3.05, 3.63) is 107 Å². The van der Waals surface area contributed by atoms with Gasteiger partial charge in [0.2, 0.25) is 11.9 Å². The zero-order valence-electron chi connectivity index (χ0n) is 23.8. The lowest BCUT2D eigenvalue weighted by molar-refractivity contribution is -0.310. The topological polar surface area (TPSA) is 27.7 Å². The van der Waals surface area contributed by atoms with Crippen molar-refractivity contribution in [2.45, 2.75) is 71.1 Å². The van der Waals surface area contributed by atoms with E-state index in [4.69, 9.17) is 14.2 Å². The zero-order chi connectivity index (χ0) is 31.3. The average molecular weight is 609 g/mol. The van der Waals surface area contributed by atoms with E-state index < -0.39 is 70.6 Å². The number of alkyl halides is 2. The Bertz CT molecular complexity index is 1450. The summed E-state index contributed by atoms with van der Waals surface area (Å²) < 4.78 is 117. The summed E-state index contributed by atoms with van der Waals surface area (Å²) in [5, 5.41) is 0. The van der Waals surface area contributed by atoms with Gasteiger partial charge in [-0.05, 0) is 79.3 Å². The Balaban J connectivity index is 1.71. The Hall–Kier alpha value is -3.63. The minimum absolute atomic E-state index is 0.456. The number of allylic oxidation sites excluding steroid dienone is 2. The summed E-state index contributed by atoms with van der Waals surface area (Å²) >= 11 is 0. The van der Waals surface area contributed by atoms with Crippen LogP contribution in [-0.2, 0) is 15.9 Å². The van der Waals surface area contributed by atoms with Gasteiger partial charge in [0, 0.05) is 5.57 Å². The molecule has 3 nitrogen and oxygen atoms in total. The van der Waals surface area contributed by atoms with Crippen molar-refractivity contribution in [1.82, 2.24) is 0 Å². The molecule has 0 bridgehead atoms. The quantitative estimate of drug-likeness (QED) is 0.0887. The molecule has 1 aliphatic carbocycles. The van der Waals surface area contributed by atoms with Gasteiger partial charge in [-0.2, -0.15) is 0 Å². The summed E-state index contributed by atoms with van der Waals surface area (Å²) in [4.78, 5) is 0. The third-order valence-corrected chi connectivity index (χ3v) is 6.86. The van der Waals surface area contributed by atoms with Crippen LogP contribution in [0.15, 0.2) is 72.6 Å². The predicted molar refractivity (Wildman–Crippen MR) is 149 cm³/mol. The van der Waals surface area contributed by atoms with E-state index in [0.717, 1.165) is 63.3 Å². The van der Waals surface area contributed by atoms with Crippen LogP contribution in [0.25, 0.3) is 16.7 Å². The Morgan fingerprint density at radius 3 is 1.88 bits per heavy atom. The minimum Gasteiger partial charge on any atom is -0.474 e. The van der Waals surface area contributed by atoms with E-state index in [1.807, 2.05) is 24.3 Å². The average Bonchev–Trinajstić information content (AvgIpc) is 2.94. The van der Waals surface area contributed by atoms with E-state index in [2.05, 4.69) is 6.92 Å². The van der Waals surface area contributed by atoms with Gasteiger partial charge in [-0.1, -0.05) is 56.2 Å². The number of aryl methyl sites for hydroxylation is 1. The molecule has 0 N–H and O–H groups in total. The first kappa shape index (κ1) is 32.3. The van der Waals surface area contributed by atoms with Gasteiger partial charge in [-0.15, -0.1) is 0 Å². The maximum Gasteiger partial charge on any atom is 0.238 e. The normalized spacial score (nSPS) is 19.9. The smallest absolute Gasteiger partial charge is 0.238 e. The molecule has 3 atom stereocenters. The van der Waals surface area contributed by atoms with E-state index in [1.165, 1.54) is 12.1 Å². The van der Waals surface area contributed by atoms with Crippen molar-refractivity contribution >= 4 is 5.57 Å². The van der Waals surface area contributed by atoms with Gasteiger partial charge < -0.3 is 14.2 Å². The fourth-order valence-corrected chi connectivity index (χ4v) is 4.85. The molecule has 1 aliphatic rings. The number of rotatable bonds is 12. The summed E-state index contributed by atoms with van der Waals surface area (Å²) in [7, 11) is 0. The second-order valence-electron chi connectivity index (χ2n) is 10.2. The monoisotopic (exact) mass is 608 g/mol. The fraction of sp³-hybridized carbons (Fsp3) is 0.333. The summed E-state index contributed by atoms with van der Waals surface area (Å²) in [6.45, 7) is 3.97. The molecule has 0 amide bonds. The Morgan fingerprint density at radius 1 is 0.744 bits per heavy atom. The van der Waals surface area contributed by atoms with Crippen LogP contribution in [0.3, 0.4) is 0 Å². The van der Waals surface area contributed by atoms with Crippen molar-refractivity contribution in [2.75, 3.05) is 0 Å². The van der Waals surface area contributed by atoms with Crippen molar-refractivity contribution in [1.29, 1.82) is 0 Å². The third-order valence-electron chi connectivity index (χ3n) is 6.86. The first-order chi connectivity index (χ1) is 20.4. The number of benzene rings is 3. The number of hydrogen-bond donors (Lipinski definition) is 0. The van der Waals surface area contributed by atoms with Crippen LogP contribution in [0, 0.1) is 23.3 Å². The summed E-state index contributed by atoms with van der Waals surface area (Å²) in [6, 6.07) is 12.5. The van der Waals surface area contributed by atoms with Crippen molar-refractivity contribution in [2.24, 2.45) is 0 Å². The van der Waals surface area contributed by atoms with Crippen LogP contribution in [-0.4, -0.2) is 24.6 Å². The van der Waals surface area contributed by atoms with Gasteiger partial charge in [0.25, 0.3) is 0 Å². The largest absolute Gasteiger partial charge is 0.474 e. The van der Waals surface area contributed by atoms with E-state index in [1.54, 1.807) is 0 Å². The molecule has 0 aromatic heterocycles. The van der Waals surface area contributed by atoms with Crippen LogP contribution in [0.4, 0.5) is 30.7 Å². The predicted octanol–water partition coefficient (Wildman–Crippen LogP) is 9.70. The third kappa shape index (κ3) is 7.48. The first-order valence-electron chi connectivity index (χ1n) is 13.9. The van der Waals surface area contributed by atoms with Crippen LogP contribution in [0.1, 0.15) is 51.2 Å². The Labute approximate surface area is 245 Å². The molecular weight excluding hydrogens is 577 g/mol. The molecule has 0 saturated carbocycles. The van der Waals surface area contributed by atoms with Crippen molar-refractivity contribution in [3.63, 3.8) is 0 Å². The van der Waals surface area contributed by atoms with E-state index in [9.17, 15) is 22.0 Å². The van der Waals surface area contributed by atoms with Gasteiger partial charge in [0.1, 0.15) is 0 Å². The molecular formula is C33H31F7O3. The molecule has 4 rings (SSSR count). The van der Waals surface area contributed by atoms with Crippen LogP contribution < -0.4 is 4.74 Å². The summed E-state index contributed by atoms with van der Waals surface area (Å²) in [6.07, 6.45) is -0.510. The molecule has 3 aromatic rings. The lowest BCUT2D eigenvalue weighted by Gasteiger charge is -2.40. The Kier molecular flexibility index (Phi) is 10.3. The maximum atomic E-state index is 16.1. The van der Waals surface area contributed by atoms with Crippen LogP contribution in [0.2, 0.25) is 0 Å². The number of unbranched alkanes of at least 4 members (excludes halogenated alkanes) is 2. The highest BCUT2D eigenvalue weighted by Crippen LogP contribution is 2.42. The van der Waals surface area contributed by atoms with Crippen LogP contribution >= 0.6 is 0 Å². The van der Waals surface area contributed by atoms with E-state index in [0.29, 0.717) is 23.3 Å². The molecule has 3 unspecified atom stereocenters. The second-order valence-corrected chi connectivity index (χ2v) is 10.2. The molecule has 0 heterocycles. The summed E-state index contributed by atoms with van der Waals surface area (Å²) in [5.41, 5.74) is 1.35. The Morgan fingerprint density at radius 2 is 1.33 bits per heavy atom. The van der Waals surface area contributed by atoms with Crippen LogP contribution in [0.5, 0.6) is 5.75 Å². The van der Waals surface area contributed by atoms with Gasteiger partial charge in [-0.25, -0.2) is 30.7 Å². The minimum atomic E-state index is -2.61. The highest BCUT2D eigenvalue weighted by molar-refractivity contribution is 5.78. The van der Waals surface area contributed by atoms with E-state index in [-0.39, 0.29) is 0 Å². The molecule has 43 heavy (non-hydrogen) atoms. The molecule has 0 saturated heterocycles. The molecule has 10 heteroatoms. The molecule has 230 valence electrons. The van der Waals surface area contributed by atoms with Gasteiger partial charge in [0.15, 0.2) is 47.6 Å². The molecule has 0 fully saturated rings. The van der Waals surface area contributed by atoms with Crippen molar-refractivity contribution in [3.8, 4) is 16.9 Å². The van der Waals surface area contributed by atoms with Crippen molar-refractivity contribution < 1.29 is 44.9 Å². The van der Waals surface area contributed by atoms with E-state index >= 15 is 8.78 Å². The summed E-state index contributed by atoms with van der Waals surface area (Å²) in [5.74, 6) is -10.4. The lowest BCUT2D eigenvalue weighted by atomic mass is 9.92. The van der Waals surface area contributed by atoms with Gasteiger partial charge in [-0.3, -0.25) is 0 Å². The lowest BCUT2D eigenvalue weighted by Crippen LogP contribution is -2.53. The SMILES string of the molecule is CCCCCc1ccc(-c2ccc(OC3C(F)=C(c4cc(F)c(F)c(F)c4)C=CC3(OC(C)F)OC(C)F)c(F)c2)cc1. The molecule has 0 aliphatic heterocycles. The fourth-order valence-electron chi connectivity index (χ4n) is 4.85. The second kappa shape index (κ2) is 13.8. The molecule has 0 radical (unpaired) electrons. The standard InChI is InChI=1S/C33H31F7O3/c1-4-5-6-7-21-8-10-22(11-9-21)23-12-13-29(26(36)16-23)41-32-30(39)25(24-17-27(37)31(40)28(38)18-24)14-15-33(32,42-19(2)34)43-20(3)35/h8-20,32H,4-7H2,1-3H3. The van der Waals surface area contributed by atoms with Gasteiger partial charge >= 0.3 is 0 Å². The molecule has 0 spiro atoms. The highest BCUT2D eigenvalue weighted by atomic mass is 19.2. The number of halogens is 7. The number of ether oxygens (including phenoxy) is 3. The zero-order valence-corrected chi connectivity index (χ0v) is 23.8. The number of hydrogen-bond acceptors (Lipinski definition) is 3.